The second-order valence-electron chi connectivity index (χ2n) is 23.6. The van der Waals surface area contributed by atoms with E-state index in [0.29, 0.717) is 58.1 Å². The van der Waals surface area contributed by atoms with Crippen LogP contribution in [-0.2, 0) is 56.1 Å². The standard InChI is InChI=1S/C70H118N4O11/c1-4-7-10-13-16-19-22-25-35-46-62(83-57-59-41-31-28-32-42-59)54-65(76)73-61(56-75)45-40-52-71-69(80)64(50-53-82-67(78)48-38-30-39-51-72-70(81)84-58-60-43-33-29-34-44-60)74-66(77)55-63(47-36-26-23-20-17-14-11-8-5-2)85-68(79)49-37-27-24-21-18-15-12-9-6-3/h28-29,31-34,41-44,61-64,75H,4-27,30,35-40,45-58H2,1-3H3,(H,71,80)(H,72,81)(H,73,76)(H,74,77)/t61-,62-,63-,64+/m1/s1. The third-order valence-electron chi connectivity index (χ3n) is 15.7. The number of aliphatic hydroxyl groups excluding tert-OH is 1. The molecular formula is C70H118N4O11. The lowest BCUT2D eigenvalue weighted by Gasteiger charge is -2.22. The summed E-state index contributed by atoms with van der Waals surface area (Å²) in [5.41, 5.74) is 1.94. The zero-order valence-electron chi connectivity index (χ0n) is 53.4. The van der Waals surface area contributed by atoms with Crippen molar-refractivity contribution in [1.82, 2.24) is 21.3 Å². The lowest BCUT2D eigenvalue weighted by Crippen LogP contribution is -2.48. The molecule has 15 heteroatoms. The van der Waals surface area contributed by atoms with E-state index < -0.39 is 42.1 Å². The fourth-order valence-corrected chi connectivity index (χ4v) is 10.4. The van der Waals surface area contributed by atoms with Crippen molar-refractivity contribution in [3.8, 4) is 0 Å². The summed E-state index contributed by atoms with van der Waals surface area (Å²) in [4.78, 5) is 79.5. The first-order valence-electron chi connectivity index (χ1n) is 34.0. The van der Waals surface area contributed by atoms with Crippen molar-refractivity contribution in [2.75, 3.05) is 26.3 Å². The summed E-state index contributed by atoms with van der Waals surface area (Å²) in [7, 11) is 0. The molecule has 0 heterocycles. The van der Waals surface area contributed by atoms with Crippen molar-refractivity contribution in [2.24, 2.45) is 0 Å². The van der Waals surface area contributed by atoms with Crippen LogP contribution >= 0.6 is 0 Å². The molecule has 2 aromatic carbocycles. The van der Waals surface area contributed by atoms with Gasteiger partial charge in [0.1, 0.15) is 18.8 Å². The Morgan fingerprint density at radius 2 is 0.882 bits per heavy atom. The van der Waals surface area contributed by atoms with Crippen LogP contribution in [0.1, 0.15) is 282 Å². The maximum absolute atomic E-state index is 13.9. The second-order valence-corrected chi connectivity index (χ2v) is 23.6. The largest absolute Gasteiger partial charge is 0.466 e. The molecule has 0 aromatic heterocycles. The van der Waals surface area contributed by atoms with Crippen molar-refractivity contribution < 1.29 is 52.8 Å². The SMILES string of the molecule is CCCCCCCCCCCC(=O)O[C@H](CCCCCCCCCCC)CC(=O)N[C@@H](CCOC(=O)CCCCCNC(=O)OCc1ccccc1)C(=O)NCCC[C@H](CO)NC(=O)C[C@@H](CCCCCCCCCCC)OCc1ccccc1. The Balaban J connectivity index is 2.02. The van der Waals surface area contributed by atoms with Gasteiger partial charge in [-0.2, -0.15) is 0 Å². The van der Waals surface area contributed by atoms with Crippen molar-refractivity contribution in [2.45, 2.75) is 309 Å². The Bertz CT molecular complexity index is 1960. The Kier molecular flexibility index (Phi) is 48.7. The minimum atomic E-state index is -1.05. The number of carbonyl (C=O) groups excluding carboxylic acids is 6. The Labute approximate surface area is 514 Å². The van der Waals surface area contributed by atoms with Crippen LogP contribution in [0.5, 0.6) is 0 Å². The van der Waals surface area contributed by atoms with Gasteiger partial charge >= 0.3 is 18.0 Å². The Morgan fingerprint density at radius 1 is 0.435 bits per heavy atom. The second kappa shape index (κ2) is 54.4. The summed E-state index contributed by atoms with van der Waals surface area (Å²) >= 11 is 0. The van der Waals surface area contributed by atoms with E-state index in [0.717, 1.165) is 81.8 Å². The highest BCUT2D eigenvalue weighted by Crippen LogP contribution is 2.19. The number of unbranched alkanes of at least 4 members (excludes halogenated alkanes) is 26. The minimum absolute atomic E-state index is 0.0154. The molecular weight excluding hydrogens is 1070 g/mol. The van der Waals surface area contributed by atoms with Gasteiger partial charge in [-0.15, -0.1) is 0 Å². The predicted molar refractivity (Wildman–Crippen MR) is 342 cm³/mol. The van der Waals surface area contributed by atoms with Gasteiger partial charge in [-0.25, -0.2) is 4.79 Å². The number of rotatable bonds is 57. The Hall–Kier alpha value is -5.02. The van der Waals surface area contributed by atoms with E-state index in [1.807, 2.05) is 60.7 Å². The van der Waals surface area contributed by atoms with E-state index in [1.54, 1.807) is 0 Å². The molecule has 0 spiro atoms. The number of alkyl carbamates (subject to hydrolysis) is 1. The van der Waals surface area contributed by atoms with Gasteiger partial charge in [-0.1, -0.05) is 248 Å². The molecule has 484 valence electrons. The molecule has 15 nitrogen and oxygen atoms in total. The van der Waals surface area contributed by atoms with Crippen LogP contribution in [0.2, 0.25) is 0 Å². The average Bonchev–Trinajstić information content (AvgIpc) is 3.54. The highest BCUT2D eigenvalue weighted by atomic mass is 16.6. The van der Waals surface area contributed by atoms with Crippen LogP contribution in [0.25, 0.3) is 0 Å². The number of amides is 4. The summed E-state index contributed by atoms with van der Waals surface area (Å²) < 4.78 is 23.1. The molecule has 85 heavy (non-hydrogen) atoms. The lowest BCUT2D eigenvalue weighted by atomic mass is 10.0. The van der Waals surface area contributed by atoms with Crippen LogP contribution in [0.15, 0.2) is 60.7 Å². The van der Waals surface area contributed by atoms with Crippen LogP contribution < -0.4 is 21.3 Å². The fraction of sp³-hybridized carbons (Fsp3) is 0.743. The van der Waals surface area contributed by atoms with E-state index in [9.17, 15) is 33.9 Å². The summed E-state index contributed by atoms with van der Waals surface area (Å²) in [6.07, 6.45) is 34.3. The highest BCUT2D eigenvalue weighted by Gasteiger charge is 2.25. The topological polar surface area (TPSA) is 208 Å². The minimum Gasteiger partial charge on any atom is -0.466 e. The first-order valence-corrected chi connectivity index (χ1v) is 34.0. The van der Waals surface area contributed by atoms with Crippen LogP contribution in [0, 0.1) is 0 Å². The monoisotopic (exact) mass is 1190 g/mol. The van der Waals surface area contributed by atoms with E-state index in [-0.39, 0.29) is 70.0 Å². The van der Waals surface area contributed by atoms with Gasteiger partial charge in [0.05, 0.1) is 44.8 Å². The molecule has 5 N–H and O–H groups in total. The molecule has 0 unspecified atom stereocenters. The van der Waals surface area contributed by atoms with Gasteiger partial charge in [0.25, 0.3) is 0 Å². The molecule has 0 aliphatic heterocycles. The number of esters is 2. The summed E-state index contributed by atoms with van der Waals surface area (Å²) in [5.74, 6) is -1.84. The Morgan fingerprint density at radius 3 is 1.42 bits per heavy atom. The molecule has 0 fully saturated rings. The number of carbonyl (C=O) groups is 6. The van der Waals surface area contributed by atoms with Gasteiger partial charge in [0.2, 0.25) is 17.7 Å². The number of benzene rings is 2. The van der Waals surface area contributed by atoms with E-state index in [1.165, 1.54) is 109 Å². The quantitative estimate of drug-likeness (QED) is 0.0239. The lowest BCUT2D eigenvalue weighted by molar-refractivity contribution is -0.151. The molecule has 4 amide bonds. The smallest absolute Gasteiger partial charge is 0.407 e. The summed E-state index contributed by atoms with van der Waals surface area (Å²) in [6, 6.07) is 17.8. The summed E-state index contributed by atoms with van der Waals surface area (Å²) in [5, 5.41) is 21.9. The third-order valence-corrected chi connectivity index (χ3v) is 15.7. The zero-order valence-corrected chi connectivity index (χ0v) is 53.4. The zero-order chi connectivity index (χ0) is 61.5. The number of ether oxygens (including phenoxy) is 4. The maximum Gasteiger partial charge on any atom is 0.407 e. The molecule has 0 aliphatic carbocycles. The van der Waals surface area contributed by atoms with E-state index >= 15 is 0 Å². The predicted octanol–water partition coefficient (Wildman–Crippen LogP) is 15.3. The molecule has 0 aliphatic rings. The average molecular weight is 1190 g/mol. The number of nitrogens with one attached hydrogen (secondary N) is 4. The molecule has 2 rings (SSSR count). The molecule has 0 saturated heterocycles. The number of hydrogen-bond acceptors (Lipinski definition) is 11. The van der Waals surface area contributed by atoms with E-state index in [2.05, 4.69) is 42.0 Å². The fourth-order valence-electron chi connectivity index (χ4n) is 10.4. The van der Waals surface area contributed by atoms with E-state index in [4.69, 9.17) is 18.9 Å². The summed E-state index contributed by atoms with van der Waals surface area (Å²) in [6.45, 7) is 7.47. The molecule has 0 saturated carbocycles. The van der Waals surface area contributed by atoms with Gasteiger partial charge in [0, 0.05) is 32.4 Å². The van der Waals surface area contributed by atoms with Crippen LogP contribution in [-0.4, -0.2) is 91.5 Å². The third kappa shape index (κ3) is 45.0. The van der Waals surface area contributed by atoms with Gasteiger partial charge < -0.3 is 45.3 Å². The molecule has 2 aromatic rings. The van der Waals surface area contributed by atoms with Gasteiger partial charge in [-0.05, 0) is 62.5 Å². The van der Waals surface area contributed by atoms with Crippen molar-refractivity contribution >= 4 is 35.8 Å². The van der Waals surface area contributed by atoms with Crippen LogP contribution in [0.4, 0.5) is 4.79 Å². The number of aliphatic hydroxyl groups is 1. The molecule has 0 radical (unpaired) electrons. The van der Waals surface area contributed by atoms with Gasteiger partial charge in [-0.3, -0.25) is 24.0 Å². The van der Waals surface area contributed by atoms with Crippen molar-refractivity contribution in [1.29, 1.82) is 0 Å². The highest BCUT2D eigenvalue weighted by molar-refractivity contribution is 5.88. The molecule has 0 bridgehead atoms. The maximum atomic E-state index is 13.9. The molecule has 4 atom stereocenters. The van der Waals surface area contributed by atoms with Crippen molar-refractivity contribution in [3.05, 3.63) is 71.8 Å². The first kappa shape index (κ1) is 76.1. The van der Waals surface area contributed by atoms with Crippen molar-refractivity contribution in [3.63, 3.8) is 0 Å². The number of hydrogen-bond donors (Lipinski definition) is 5. The first-order chi connectivity index (χ1) is 41.6. The normalized spacial score (nSPS) is 12.6. The van der Waals surface area contributed by atoms with Gasteiger partial charge in [0.15, 0.2) is 0 Å². The van der Waals surface area contributed by atoms with Crippen LogP contribution in [0.3, 0.4) is 0 Å².